The van der Waals surface area contributed by atoms with Crippen LogP contribution in [0.5, 0.6) is 0 Å². The molecule has 154 valence electrons. The quantitative estimate of drug-likeness (QED) is 0.591. The van der Waals surface area contributed by atoms with Crippen LogP contribution in [0.1, 0.15) is 36.0 Å². The van der Waals surface area contributed by atoms with Gasteiger partial charge in [-0.15, -0.1) is 0 Å². The second-order valence-electron chi connectivity index (χ2n) is 7.78. The Balaban J connectivity index is 1.52. The third-order valence-corrected chi connectivity index (χ3v) is 5.85. The first-order valence-electron chi connectivity index (χ1n) is 10.5. The molecule has 0 saturated carbocycles. The molecule has 3 aromatic rings. The average Bonchev–Trinajstić information content (AvgIpc) is 3.10. The highest BCUT2D eigenvalue weighted by Crippen LogP contribution is 2.44. The molecule has 0 aliphatic heterocycles. The van der Waals surface area contributed by atoms with E-state index < -0.39 is 0 Å². The van der Waals surface area contributed by atoms with Gasteiger partial charge in [0.25, 0.3) is 0 Å². The first kappa shape index (κ1) is 20.2. The molecule has 1 unspecified atom stereocenters. The Morgan fingerprint density at radius 3 is 2.10 bits per heavy atom. The third kappa shape index (κ3) is 4.10. The third-order valence-electron chi connectivity index (χ3n) is 5.85. The van der Waals surface area contributed by atoms with Crippen molar-refractivity contribution in [2.45, 2.75) is 31.8 Å². The van der Waals surface area contributed by atoms with Gasteiger partial charge in [0.15, 0.2) is 0 Å². The van der Waals surface area contributed by atoms with E-state index in [-0.39, 0.29) is 24.7 Å². The van der Waals surface area contributed by atoms with Gasteiger partial charge in [-0.1, -0.05) is 78.9 Å². The predicted octanol–water partition coefficient (Wildman–Crippen LogP) is 5.21. The smallest absolute Gasteiger partial charge is 0.410 e. The number of aliphatic hydroxyl groups excluding tert-OH is 1. The maximum atomic E-state index is 13.1. The highest BCUT2D eigenvalue weighted by Gasteiger charge is 2.30. The van der Waals surface area contributed by atoms with Crippen molar-refractivity contribution in [3.05, 3.63) is 95.6 Å². The van der Waals surface area contributed by atoms with Gasteiger partial charge in [0.05, 0.1) is 0 Å². The molecule has 0 bridgehead atoms. The van der Waals surface area contributed by atoms with Crippen LogP contribution in [0.2, 0.25) is 0 Å². The summed E-state index contributed by atoms with van der Waals surface area (Å²) in [6.45, 7) is 2.73. The fourth-order valence-electron chi connectivity index (χ4n) is 4.20. The molecule has 0 radical (unpaired) electrons. The highest BCUT2D eigenvalue weighted by molar-refractivity contribution is 5.79. The number of benzene rings is 3. The summed E-state index contributed by atoms with van der Waals surface area (Å²) in [5.74, 6) is 0.0353. The minimum Gasteiger partial charge on any atom is -0.448 e. The first-order chi connectivity index (χ1) is 14.7. The van der Waals surface area contributed by atoms with E-state index in [1.54, 1.807) is 4.90 Å². The Morgan fingerprint density at radius 1 is 0.933 bits per heavy atom. The number of fused-ring (bicyclic) bond motifs is 3. The fraction of sp³-hybridized carbons (Fsp3) is 0.269. The van der Waals surface area contributed by atoms with Crippen molar-refractivity contribution in [1.29, 1.82) is 0 Å². The number of nitrogens with zero attached hydrogens (tertiary/aromatic N) is 1. The SMILES string of the molecule is CC(CCO)N(Cc1ccccc1)C(=O)OCC1c2ccccc2-c2ccccc21. The fourth-order valence-corrected chi connectivity index (χ4v) is 4.20. The summed E-state index contributed by atoms with van der Waals surface area (Å²) < 4.78 is 5.85. The second kappa shape index (κ2) is 9.14. The molecular weight excluding hydrogens is 374 g/mol. The van der Waals surface area contributed by atoms with Crippen molar-refractivity contribution in [1.82, 2.24) is 4.90 Å². The van der Waals surface area contributed by atoms with Crippen molar-refractivity contribution < 1.29 is 14.6 Å². The number of rotatable bonds is 7. The van der Waals surface area contributed by atoms with E-state index in [1.807, 2.05) is 61.5 Å². The molecule has 0 heterocycles. The maximum absolute atomic E-state index is 13.1. The summed E-state index contributed by atoms with van der Waals surface area (Å²) >= 11 is 0. The van der Waals surface area contributed by atoms with Crippen molar-refractivity contribution in [3.63, 3.8) is 0 Å². The molecule has 0 saturated heterocycles. The summed E-state index contributed by atoms with van der Waals surface area (Å²) in [7, 11) is 0. The summed E-state index contributed by atoms with van der Waals surface area (Å²) in [6, 6.07) is 26.4. The number of carbonyl (C=O) groups excluding carboxylic acids is 1. The van der Waals surface area contributed by atoms with Gasteiger partial charge in [0.1, 0.15) is 6.61 Å². The van der Waals surface area contributed by atoms with Crippen LogP contribution < -0.4 is 0 Å². The molecular formula is C26H27NO3. The van der Waals surface area contributed by atoms with E-state index in [0.717, 1.165) is 5.56 Å². The van der Waals surface area contributed by atoms with Gasteiger partial charge in [-0.2, -0.15) is 0 Å². The zero-order valence-electron chi connectivity index (χ0n) is 17.2. The molecule has 4 rings (SSSR count). The van der Waals surface area contributed by atoms with Gasteiger partial charge < -0.3 is 14.7 Å². The van der Waals surface area contributed by atoms with Gasteiger partial charge >= 0.3 is 6.09 Å². The minimum absolute atomic E-state index is 0.0309. The number of ether oxygens (including phenoxy) is 1. The van der Waals surface area contributed by atoms with Gasteiger partial charge in [-0.25, -0.2) is 4.79 Å². The topological polar surface area (TPSA) is 49.8 Å². The van der Waals surface area contributed by atoms with E-state index in [1.165, 1.54) is 22.3 Å². The summed E-state index contributed by atoms with van der Waals surface area (Å²) in [4.78, 5) is 14.8. The van der Waals surface area contributed by atoms with Gasteiger partial charge in [0.2, 0.25) is 0 Å². The van der Waals surface area contributed by atoms with E-state index in [4.69, 9.17) is 4.74 Å². The summed E-state index contributed by atoms with van der Waals surface area (Å²) in [6.07, 6.45) is 0.165. The lowest BCUT2D eigenvalue weighted by Gasteiger charge is -2.29. The Labute approximate surface area is 177 Å². The standard InChI is InChI=1S/C26H27NO3/c1-19(15-16-28)27(17-20-9-3-2-4-10-20)26(29)30-18-25-23-13-7-5-11-21(23)22-12-6-8-14-24(22)25/h2-14,19,25,28H,15-18H2,1H3. The monoisotopic (exact) mass is 401 g/mol. The van der Waals surface area contributed by atoms with Crippen LogP contribution >= 0.6 is 0 Å². The number of hydrogen-bond acceptors (Lipinski definition) is 3. The lowest BCUT2D eigenvalue weighted by atomic mass is 9.98. The van der Waals surface area contributed by atoms with Crippen molar-refractivity contribution in [2.75, 3.05) is 13.2 Å². The largest absolute Gasteiger partial charge is 0.448 e. The first-order valence-corrected chi connectivity index (χ1v) is 10.5. The van der Waals surface area contributed by atoms with Crippen LogP contribution in [0.3, 0.4) is 0 Å². The number of aliphatic hydroxyl groups is 1. The molecule has 1 amide bonds. The van der Waals surface area contributed by atoms with Crippen molar-refractivity contribution in [2.24, 2.45) is 0 Å². The Morgan fingerprint density at radius 2 is 1.50 bits per heavy atom. The predicted molar refractivity (Wildman–Crippen MR) is 118 cm³/mol. The molecule has 1 aliphatic carbocycles. The summed E-state index contributed by atoms with van der Waals surface area (Å²) in [5.41, 5.74) is 5.86. The van der Waals surface area contributed by atoms with Crippen molar-refractivity contribution >= 4 is 6.09 Å². The Hall–Kier alpha value is -3.11. The van der Waals surface area contributed by atoms with Gasteiger partial charge in [-0.3, -0.25) is 0 Å². The van der Waals surface area contributed by atoms with Crippen molar-refractivity contribution in [3.8, 4) is 11.1 Å². The highest BCUT2D eigenvalue weighted by atomic mass is 16.6. The summed E-state index contributed by atoms with van der Waals surface area (Å²) in [5, 5.41) is 9.38. The molecule has 30 heavy (non-hydrogen) atoms. The lowest BCUT2D eigenvalue weighted by molar-refractivity contribution is 0.0777. The number of amides is 1. The molecule has 1 atom stereocenters. The molecule has 0 fully saturated rings. The molecule has 1 aliphatic rings. The van der Waals surface area contributed by atoms with Gasteiger partial charge in [0, 0.05) is 25.1 Å². The molecule has 4 heteroatoms. The number of hydrogen-bond donors (Lipinski definition) is 1. The Kier molecular flexibility index (Phi) is 6.15. The number of carbonyl (C=O) groups is 1. The molecule has 1 N–H and O–H groups in total. The van der Waals surface area contributed by atoms with E-state index in [0.29, 0.717) is 19.6 Å². The van der Waals surface area contributed by atoms with Crippen LogP contribution in [-0.4, -0.2) is 35.4 Å². The zero-order chi connectivity index (χ0) is 20.9. The average molecular weight is 402 g/mol. The molecule has 4 nitrogen and oxygen atoms in total. The van der Waals surface area contributed by atoms with Crippen LogP contribution in [0.4, 0.5) is 4.79 Å². The molecule has 0 aromatic heterocycles. The van der Waals surface area contributed by atoms with Crippen LogP contribution in [0.25, 0.3) is 11.1 Å². The maximum Gasteiger partial charge on any atom is 0.410 e. The van der Waals surface area contributed by atoms with E-state index in [9.17, 15) is 9.90 Å². The Bertz CT molecular complexity index is 956. The normalized spacial score (nSPS) is 13.4. The minimum atomic E-state index is -0.346. The molecule has 3 aromatic carbocycles. The van der Waals surface area contributed by atoms with E-state index >= 15 is 0 Å². The van der Waals surface area contributed by atoms with Crippen LogP contribution in [0.15, 0.2) is 78.9 Å². The van der Waals surface area contributed by atoms with E-state index in [2.05, 4.69) is 24.3 Å². The van der Waals surface area contributed by atoms with Crippen LogP contribution in [-0.2, 0) is 11.3 Å². The zero-order valence-corrected chi connectivity index (χ0v) is 17.2. The lowest BCUT2D eigenvalue weighted by Crippen LogP contribution is -2.39. The second-order valence-corrected chi connectivity index (χ2v) is 7.78. The van der Waals surface area contributed by atoms with Gasteiger partial charge in [-0.05, 0) is 41.2 Å². The molecule has 0 spiro atoms. The van der Waals surface area contributed by atoms with Crippen LogP contribution in [0, 0.1) is 0 Å².